The molecule has 2 aromatic rings. The van der Waals surface area contributed by atoms with Gasteiger partial charge < -0.3 is 4.90 Å². The minimum Gasteiger partial charge on any atom is -0.344 e. The molecule has 0 saturated heterocycles. The van der Waals surface area contributed by atoms with Crippen molar-refractivity contribution in [2.75, 3.05) is 13.6 Å². The van der Waals surface area contributed by atoms with E-state index in [1.54, 1.807) is 9.47 Å². The smallest absolute Gasteiger partial charge is 0.242 e. The van der Waals surface area contributed by atoms with Crippen LogP contribution in [0.25, 0.3) is 11.4 Å². The van der Waals surface area contributed by atoms with E-state index in [-0.39, 0.29) is 12.5 Å². The summed E-state index contributed by atoms with van der Waals surface area (Å²) in [6, 6.07) is 8.01. The van der Waals surface area contributed by atoms with Crippen LogP contribution in [0.2, 0.25) is 0 Å². The maximum Gasteiger partial charge on any atom is 0.242 e. The summed E-state index contributed by atoms with van der Waals surface area (Å²) >= 11 is 5.27. The normalized spacial score (nSPS) is 11.0. The second kappa shape index (κ2) is 6.87. The van der Waals surface area contributed by atoms with Gasteiger partial charge in [0.1, 0.15) is 6.54 Å². The van der Waals surface area contributed by atoms with Gasteiger partial charge >= 0.3 is 0 Å². The zero-order valence-corrected chi connectivity index (χ0v) is 14.3. The molecule has 1 N–H and O–H groups in total. The third-order valence-corrected chi connectivity index (χ3v) is 3.74. The van der Waals surface area contributed by atoms with E-state index in [1.165, 1.54) is 5.56 Å². The van der Waals surface area contributed by atoms with Crippen LogP contribution >= 0.6 is 12.2 Å². The van der Waals surface area contributed by atoms with Crippen molar-refractivity contribution in [3.8, 4) is 11.4 Å². The van der Waals surface area contributed by atoms with E-state index in [0.717, 1.165) is 12.1 Å². The molecule has 1 heterocycles. The third-order valence-electron chi connectivity index (χ3n) is 3.43. The summed E-state index contributed by atoms with van der Waals surface area (Å²) in [5.74, 6) is 1.15. The van der Waals surface area contributed by atoms with Crippen molar-refractivity contribution in [2.45, 2.75) is 27.3 Å². The SMILES string of the molecule is Cc1ccc(-c2n[nH]c(=S)n2CC(=O)N(C)CC(C)C)cc1. The van der Waals surface area contributed by atoms with Gasteiger partial charge in [-0.25, -0.2) is 0 Å². The van der Waals surface area contributed by atoms with Crippen molar-refractivity contribution in [1.82, 2.24) is 19.7 Å². The highest BCUT2D eigenvalue weighted by Gasteiger charge is 2.15. The third kappa shape index (κ3) is 3.82. The van der Waals surface area contributed by atoms with Crippen LogP contribution in [-0.4, -0.2) is 39.2 Å². The zero-order chi connectivity index (χ0) is 16.3. The molecule has 22 heavy (non-hydrogen) atoms. The monoisotopic (exact) mass is 318 g/mol. The Bertz CT molecular complexity index is 700. The van der Waals surface area contributed by atoms with Gasteiger partial charge in [0.05, 0.1) is 0 Å². The second-order valence-electron chi connectivity index (χ2n) is 5.97. The highest BCUT2D eigenvalue weighted by atomic mass is 32.1. The lowest BCUT2D eigenvalue weighted by atomic mass is 10.1. The maximum atomic E-state index is 12.4. The molecule has 2 rings (SSSR count). The van der Waals surface area contributed by atoms with Gasteiger partial charge in [0.2, 0.25) is 5.91 Å². The summed E-state index contributed by atoms with van der Waals surface area (Å²) in [7, 11) is 1.82. The molecule has 0 saturated carbocycles. The Balaban J connectivity index is 2.25. The fourth-order valence-electron chi connectivity index (χ4n) is 2.29. The van der Waals surface area contributed by atoms with E-state index < -0.39 is 0 Å². The molecule has 0 fully saturated rings. The highest BCUT2D eigenvalue weighted by Crippen LogP contribution is 2.18. The predicted octanol–water partition coefficient (Wildman–Crippen LogP) is 3.03. The molecule has 0 aliphatic rings. The van der Waals surface area contributed by atoms with Crippen LogP contribution < -0.4 is 0 Å². The number of hydrogen-bond donors (Lipinski definition) is 1. The van der Waals surface area contributed by atoms with Crippen LogP contribution in [0.15, 0.2) is 24.3 Å². The fourth-order valence-corrected chi connectivity index (χ4v) is 2.49. The number of aromatic nitrogens is 3. The minimum atomic E-state index is 0.0274. The Labute approximate surface area is 136 Å². The van der Waals surface area contributed by atoms with Crippen LogP contribution in [-0.2, 0) is 11.3 Å². The highest BCUT2D eigenvalue weighted by molar-refractivity contribution is 7.71. The molecule has 1 aromatic heterocycles. The van der Waals surface area contributed by atoms with Gasteiger partial charge in [-0.3, -0.25) is 14.5 Å². The van der Waals surface area contributed by atoms with Gasteiger partial charge in [0.15, 0.2) is 10.6 Å². The Morgan fingerprint density at radius 3 is 2.59 bits per heavy atom. The summed E-state index contributed by atoms with van der Waals surface area (Å²) in [6.07, 6.45) is 0. The van der Waals surface area contributed by atoms with Gasteiger partial charge in [-0.15, -0.1) is 0 Å². The van der Waals surface area contributed by atoms with E-state index in [4.69, 9.17) is 12.2 Å². The first kappa shape index (κ1) is 16.4. The molecule has 0 spiro atoms. The number of amides is 1. The largest absolute Gasteiger partial charge is 0.344 e. The lowest BCUT2D eigenvalue weighted by Crippen LogP contribution is -2.33. The molecule has 0 aliphatic heterocycles. The lowest BCUT2D eigenvalue weighted by Gasteiger charge is -2.20. The quantitative estimate of drug-likeness (QED) is 0.862. The molecule has 6 heteroatoms. The number of nitrogens with zero attached hydrogens (tertiary/aromatic N) is 3. The summed E-state index contributed by atoms with van der Waals surface area (Å²) in [6.45, 7) is 7.13. The predicted molar refractivity (Wildman–Crippen MR) is 90.1 cm³/mol. The molecule has 0 bridgehead atoms. The van der Waals surface area contributed by atoms with Crippen LogP contribution in [0.4, 0.5) is 0 Å². The van der Waals surface area contributed by atoms with Gasteiger partial charge in [0.25, 0.3) is 0 Å². The Morgan fingerprint density at radius 2 is 2.00 bits per heavy atom. The fraction of sp³-hybridized carbons (Fsp3) is 0.438. The first-order valence-electron chi connectivity index (χ1n) is 7.34. The molecule has 118 valence electrons. The first-order chi connectivity index (χ1) is 10.4. The minimum absolute atomic E-state index is 0.0274. The number of benzene rings is 1. The summed E-state index contributed by atoms with van der Waals surface area (Å²) in [5, 5.41) is 7.04. The number of carbonyl (C=O) groups is 1. The van der Waals surface area contributed by atoms with E-state index in [1.807, 2.05) is 38.2 Å². The Kier molecular flexibility index (Phi) is 5.13. The molecule has 0 atom stereocenters. The summed E-state index contributed by atoms with van der Waals surface area (Å²) in [4.78, 5) is 14.1. The van der Waals surface area contributed by atoms with Gasteiger partial charge in [-0.05, 0) is 25.1 Å². The Morgan fingerprint density at radius 1 is 1.36 bits per heavy atom. The molecule has 0 radical (unpaired) electrons. The number of carbonyl (C=O) groups excluding carboxylic acids is 1. The number of hydrogen-bond acceptors (Lipinski definition) is 3. The van der Waals surface area contributed by atoms with E-state index in [0.29, 0.717) is 16.5 Å². The topological polar surface area (TPSA) is 53.9 Å². The summed E-state index contributed by atoms with van der Waals surface area (Å²) in [5.41, 5.74) is 2.12. The van der Waals surface area contributed by atoms with Crippen molar-refractivity contribution in [3.05, 3.63) is 34.6 Å². The number of aryl methyl sites for hydroxylation is 1. The van der Waals surface area contributed by atoms with Gasteiger partial charge in [-0.1, -0.05) is 43.7 Å². The Hall–Kier alpha value is -1.95. The van der Waals surface area contributed by atoms with Crippen molar-refractivity contribution < 1.29 is 4.79 Å². The van der Waals surface area contributed by atoms with Crippen LogP contribution in [0.3, 0.4) is 0 Å². The van der Waals surface area contributed by atoms with Crippen molar-refractivity contribution in [1.29, 1.82) is 0 Å². The average molecular weight is 318 g/mol. The lowest BCUT2D eigenvalue weighted by molar-refractivity contribution is -0.131. The zero-order valence-electron chi connectivity index (χ0n) is 13.5. The van der Waals surface area contributed by atoms with Crippen molar-refractivity contribution in [2.24, 2.45) is 5.92 Å². The van der Waals surface area contributed by atoms with Gasteiger partial charge in [-0.2, -0.15) is 5.10 Å². The molecular weight excluding hydrogens is 296 g/mol. The number of nitrogens with one attached hydrogen (secondary N) is 1. The standard InChI is InChI=1S/C16H22N4OS/c1-11(2)9-19(4)14(21)10-20-15(17-18-16(20)22)13-7-5-12(3)6-8-13/h5-8,11H,9-10H2,1-4H3,(H,18,22). The number of likely N-dealkylation sites (N-methyl/N-ethyl adjacent to an activating group) is 1. The molecule has 0 unspecified atom stereocenters. The van der Waals surface area contributed by atoms with Gasteiger partial charge in [0, 0.05) is 19.2 Å². The maximum absolute atomic E-state index is 12.4. The van der Waals surface area contributed by atoms with E-state index >= 15 is 0 Å². The molecule has 0 aliphatic carbocycles. The molecular formula is C16H22N4OS. The van der Waals surface area contributed by atoms with Crippen molar-refractivity contribution >= 4 is 18.1 Å². The van der Waals surface area contributed by atoms with Crippen LogP contribution in [0, 0.1) is 17.6 Å². The van der Waals surface area contributed by atoms with E-state index in [9.17, 15) is 4.79 Å². The first-order valence-corrected chi connectivity index (χ1v) is 7.75. The number of H-pyrrole nitrogens is 1. The summed E-state index contributed by atoms with van der Waals surface area (Å²) < 4.78 is 2.21. The van der Waals surface area contributed by atoms with Crippen LogP contribution in [0.1, 0.15) is 19.4 Å². The number of aromatic amines is 1. The molecule has 1 aromatic carbocycles. The van der Waals surface area contributed by atoms with Crippen molar-refractivity contribution in [3.63, 3.8) is 0 Å². The molecule has 1 amide bonds. The number of rotatable bonds is 5. The molecule has 5 nitrogen and oxygen atoms in total. The van der Waals surface area contributed by atoms with E-state index in [2.05, 4.69) is 24.0 Å². The van der Waals surface area contributed by atoms with Crippen LogP contribution in [0.5, 0.6) is 0 Å². The average Bonchev–Trinajstić information content (AvgIpc) is 2.80. The second-order valence-corrected chi connectivity index (χ2v) is 6.36.